The van der Waals surface area contributed by atoms with Crippen molar-refractivity contribution in [3.05, 3.63) is 35.4 Å². The predicted molar refractivity (Wildman–Crippen MR) is 131 cm³/mol. The summed E-state index contributed by atoms with van der Waals surface area (Å²) in [5.41, 5.74) is -0.532. The second-order valence-electron chi connectivity index (χ2n) is 11.4. The van der Waals surface area contributed by atoms with Crippen molar-refractivity contribution < 1.29 is 49.8 Å². The van der Waals surface area contributed by atoms with Crippen molar-refractivity contribution in [3.63, 3.8) is 0 Å². The number of aliphatic hydroxyl groups is 2. The van der Waals surface area contributed by atoms with E-state index < -0.39 is 47.4 Å². The molecule has 4 atom stereocenters. The van der Waals surface area contributed by atoms with Crippen LogP contribution in [0.2, 0.25) is 0 Å². The number of aromatic hydroxyl groups is 1. The summed E-state index contributed by atoms with van der Waals surface area (Å²) in [6.45, 7) is 6.40. The summed E-state index contributed by atoms with van der Waals surface area (Å²) in [5.74, 6) is -3.38. The molecule has 6 rings (SSSR count). The summed E-state index contributed by atoms with van der Waals surface area (Å²) in [5, 5.41) is 56.3. The van der Waals surface area contributed by atoms with Gasteiger partial charge in [0.15, 0.2) is 17.1 Å². The van der Waals surface area contributed by atoms with Gasteiger partial charge in [-0.05, 0) is 68.2 Å². The molecule has 0 unspecified atom stereocenters. The highest BCUT2D eigenvalue weighted by Crippen LogP contribution is 2.66. The highest BCUT2D eigenvalue weighted by molar-refractivity contribution is 5.88. The number of likely N-dealkylation sites (tertiary alicyclic amines) is 1. The Hall–Kier alpha value is -3.15. The number of carbonyl (C=O) groups is 3. The number of phenols is 1. The average molecular weight is 532 g/mol. The van der Waals surface area contributed by atoms with Gasteiger partial charge in [-0.2, -0.15) is 0 Å². The summed E-state index contributed by atoms with van der Waals surface area (Å²) in [6.07, 6.45) is 3.50. The number of phenolic OH excluding ortho intramolecular Hbond substituents is 1. The van der Waals surface area contributed by atoms with Gasteiger partial charge in [-0.15, -0.1) is 0 Å². The molecule has 1 aromatic rings. The van der Waals surface area contributed by atoms with Crippen molar-refractivity contribution >= 4 is 17.9 Å². The minimum absolute atomic E-state index is 0.157. The quantitative estimate of drug-likeness (QED) is 0.278. The van der Waals surface area contributed by atoms with Crippen molar-refractivity contribution in [2.45, 2.75) is 80.1 Å². The molecule has 2 aliphatic heterocycles. The fraction of sp³-hybridized carbons (Fsp3) is 0.593. The molecular weight excluding hydrogens is 498 g/mol. The zero-order valence-electron chi connectivity index (χ0n) is 20.9. The normalized spacial score (nSPS) is 30.9. The SMILES string of the molecule is C=C1CC[C@@]2(O)[C@H]3Cc4ccc(O)c5c4[C@@]2(CCN3CC2CC2)[C@H]1O5.O=C(O)CC(O)(CC(=O)O)C(=O)O. The maximum atomic E-state index is 12.1. The second kappa shape index (κ2) is 8.96. The standard InChI is InChI=1S/C21H25NO3.C6H8O7/c1-12-6-7-21(24)16-10-14-4-5-15(23)18-17(14)20(21,19(12)25-18)8-9-22(16)11-13-2-3-13;7-3(8)1-6(13,5(11)12)2-4(9)10/h4-5,13,16,19,23-24H,1-3,6-11H2;13H,1-2H2,(H,7,8)(H,9,10)(H,11,12)/t16-,19+,20+,21-;/m1./s1. The molecule has 0 radical (unpaired) electrons. The molecule has 38 heavy (non-hydrogen) atoms. The van der Waals surface area contributed by atoms with Crippen LogP contribution in [0.3, 0.4) is 0 Å². The number of hydrogen-bond acceptors (Lipinski definition) is 8. The van der Waals surface area contributed by atoms with Gasteiger partial charge in [0.2, 0.25) is 0 Å². The van der Waals surface area contributed by atoms with Gasteiger partial charge < -0.3 is 35.4 Å². The fourth-order valence-electron chi connectivity index (χ4n) is 7.11. The number of carboxylic acid groups (broad SMARTS) is 3. The number of rotatable bonds is 7. The smallest absolute Gasteiger partial charge is 0.336 e. The molecule has 11 nitrogen and oxygen atoms in total. The molecule has 0 aromatic heterocycles. The lowest BCUT2D eigenvalue weighted by atomic mass is 9.48. The first-order valence-electron chi connectivity index (χ1n) is 12.9. The van der Waals surface area contributed by atoms with Crippen molar-refractivity contribution in [2.75, 3.05) is 13.1 Å². The van der Waals surface area contributed by atoms with Gasteiger partial charge in [-0.3, -0.25) is 14.5 Å². The number of aliphatic carboxylic acids is 3. The molecule has 0 amide bonds. The van der Waals surface area contributed by atoms with E-state index in [-0.39, 0.29) is 17.9 Å². The first-order valence-corrected chi connectivity index (χ1v) is 12.9. The molecule has 6 N–H and O–H groups in total. The molecule has 1 spiro atoms. The van der Waals surface area contributed by atoms with Crippen LogP contribution < -0.4 is 4.74 Å². The number of ether oxygens (including phenoxy) is 1. The molecular formula is C27H33NO10. The van der Waals surface area contributed by atoms with Crippen LogP contribution in [-0.2, 0) is 26.2 Å². The van der Waals surface area contributed by atoms with E-state index in [1.165, 1.54) is 18.4 Å². The third kappa shape index (κ3) is 3.95. The van der Waals surface area contributed by atoms with Crippen LogP contribution in [0.4, 0.5) is 0 Å². The van der Waals surface area contributed by atoms with E-state index in [0.717, 1.165) is 55.8 Å². The minimum Gasteiger partial charge on any atom is -0.504 e. The molecule has 11 heteroatoms. The Bertz CT molecular complexity index is 1190. The van der Waals surface area contributed by atoms with Gasteiger partial charge in [0.25, 0.3) is 0 Å². The topological polar surface area (TPSA) is 185 Å². The maximum absolute atomic E-state index is 12.1. The summed E-state index contributed by atoms with van der Waals surface area (Å²) < 4.78 is 6.29. The predicted octanol–water partition coefficient (Wildman–Crippen LogP) is 1.26. The van der Waals surface area contributed by atoms with Crippen LogP contribution in [0.1, 0.15) is 56.1 Å². The molecule has 5 aliphatic rings. The lowest BCUT2D eigenvalue weighted by Crippen LogP contribution is -2.75. The molecule has 3 aliphatic carbocycles. The summed E-state index contributed by atoms with van der Waals surface area (Å²) in [4.78, 5) is 33.0. The monoisotopic (exact) mass is 531 g/mol. The van der Waals surface area contributed by atoms with Crippen LogP contribution in [0.25, 0.3) is 0 Å². The van der Waals surface area contributed by atoms with Crippen molar-refractivity contribution in [1.29, 1.82) is 0 Å². The molecule has 2 heterocycles. The first-order chi connectivity index (χ1) is 17.8. The Balaban J connectivity index is 0.000000195. The summed E-state index contributed by atoms with van der Waals surface area (Å²) in [6, 6.07) is 3.96. The Morgan fingerprint density at radius 3 is 2.34 bits per heavy atom. The highest BCUT2D eigenvalue weighted by atomic mass is 16.5. The van der Waals surface area contributed by atoms with Gasteiger partial charge in [-0.1, -0.05) is 12.6 Å². The van der Waals surface area contributed by atoms with E-state index in [2.05, 4.69) is 11.5 Å². The first kappa shape index (κ1) is 26.5. The highest BCUT2D eigenvalue weighted by Gasteiger charge is 2.71. The fourth-order valence-corrected chi connectivity index (χ4v) is 7.11. The number of nitrogens with zero attached hydrogens (tertiary/aromatic N) is 1. The minimum atomic E-state index is -2.74. The molecule has 2 bridgehead atoms. The lowest BCUT2D eigenvalue weighted by Gasteiger charge is -2.63. The third-order valence-corrected chi connectivity index (χ3v) is 9.00. The average Bonchev–Trinajstić information content (AvgIpc) is 3.55. The molecule has 3 fully saturated rings. The van der Waals surface area contributed by atoms with Gasteiger partial charge in [0.05, 0.1) is 23.9 Å². The molecule has 1 saturated heterocycles. The van der Waals surface area contributed by atoms with E-state index in [0.29, 0.717) is 5.75 Å². The zero-order valence-corrected chi connectivity index (χ0v) is 20.9. The molecule has 2 saturated carbocycles. The van der Waals surface area contributed by atoms with Crippen LogP contribution in [0.15, 0.2) is 24.3 Å². The van der Waals surface area contributed by atoms with E-state index in [9.17, 15) is 24.6 Å². The van der Waals surface area contributed by atoms with Crippen molar-refractivity contribution in [3.8, 4) is 11.5 Å². The van der Waals surface area contributed by atoms with Crippen LogP contribution in [0.5, 0.6) is 11.5 Å². The third-order valence-electron chi connectivity index (χ3n) is 9.00. The summed E-state index contributed by atoms with van der Waals surface area (Å²) in [7, 11) is 0. The Morgan fingerprint density at radius 2 is 1.76 bits per heavy atom. The van der Waals surface area contributed by atoms with E-state index in [4.69, 9.17) is 25.2 Å². The zero-order chi connectivity index (χ0) is 27.6. The largest absolute Gasteiger partial charge is 0.504 e. The van der Waals surface area contributed by atoms with Gasteiger partial charge in [0, 0.05) is 18.2 Å². The van der Waals surface area contributed by atoms with Gasteiger partial charge in [0.1, 0.15) is 6.10 Å². The Kier molecular flexibility index (Phi) is 6.24. The van der Waals surface area contributed by atoms with E-state index >= 15 is 0 Å². The van der Waals surface area contributed by atoms with Crippen molar-refractivity contribution in [2.24, 2.45) is 5.92 Å². The molecule has 1 aromatic carbocycles. The number of carboxylic acids is 3. The second-order valence-corrected chi connectivity index (χ2v) is 11.4. The maximum Gasteiger partial charge on any atom is 0.336 e. The van der Waals surface area contributed by atoms with E-state index in [1.807, 2.05) is 6.07 Å². The number of hydrogen-bond donors (Lipinski definition) is 6. The van der Waals surface area contributed by atoms with Crippen molar-refractivity contribution in [1.82, 2.24) is 4.90 Å². The van der Waals surface area contributed by atoms with Crippen LogP contribution >= 0.6 is 0 Å². The Labute approximate surface area is 219 Å². The van der Waals surface area contributed by atoms with E-state index in [1.54, 1.807) is 6.07 Å². The Morgan fingerprint density at radius 1 is 1.11 bits per heavy atom. The molecule has 206 valence electrons. The van der Waals surface area contributed by atoms with Crippen LogP contribution in [0, 0.1) is 5.92 Å². The summed E-state index contributed by atoms with van der Waals surface area (Å²) >= 11 is 0. The van der Waals surface area contributed by atoms with Gasteiger partial charge in [-0.25, -0.2) is 4.79 Å². The lowest BCUT2D eigenvalue weighted by molar-refractivity contribution is -0.174. The van der Waals surface area contributed by atoms with Crippen LogP contribution in [-0.4, -0.2) is 89.9 Å². The number of benzene rings is 1. The van der Waals surface area contributed by atoms with Gasteiger partial charge >= 0.3 is 17.9 Å². The number of piperidine rings is 1.